The fourth-order valence-corrected chi connectivity index (χ4v) is 2.16. The lowest BCUT2D eigenvalue weighted by Crippen LogP contribution is -1.99. The predicted octanol–water partition coefficient (Wildman–Crippen LogP) is 1.67. The van der Waals surface area contributed by atoms with Crippen LogP contribution in [0.1, 0.15) is 10.5 Å². The zero-order valence-corrected chi connectivity index (χ0v) is 10.5. The summed E-state index contributed by atoms with van der Waals surface area (Å²) in [6, 6.07) is 7.45. The molecular formula is C13H12N4O2. The third-order valence-electron chi connectivity index (χ3n) is 3.14. The Bertz CT molecular complexity index is 785. The van der Waals surface area contributed by atoms with E-state index in [2.05, 4.69) is 10.2 Å². The molecule has 0 aliphatic rings. The SMILES string of the molecule is Cn1nc(C(=O)O)cc1-c1ccc2c(cnn2C)c1. The van der Waals surface area contributed by atoms with Gasteiger partial charge >= 0.3 is 5.97 Å². The van der Waals surface area contributed by atoms with Crippen LogP contribution in [0.4, 0.5) is 0 Å². The van der Waals surface area contributed by atoms with Crippen molar-refractivity contribution < 1.29 is 9.90 Å². The van der Waals surface area contributed by atoms with Gasteiger partial charge in [-0.1, -0.05) is 6.07 Å². The van der Waals surface area contributed by atoms with Crippen molar-refractivity contribution in [2.75, 3.05) is 0 Å². The molecule has 6 nitrogen and oxygen atoms in total. The summed E-state index contributed by atoms with van der Waals surface area (Å²) in [4.78, 5) is 10.9. The average molecular weight is 256 g/mol. The van der Waals surface area contributed by atoms with Gasteiger partial charge in [-0.2, -0.15) is 10.2 Å². The first-order valence-electron chi connectivity index (χ1n) is 5.76. The third kappa shape index (κ3) is 1.77. The van der Waals surface area contributed by atoms with Gasteiger partial charge in [0.25, 0.3) is 0 Å². The van der Waals surface area contributed by atoms with Crippen LogP contribution in [0.3, 0.4) is 0 Å². The summed E-state index contributed by atoms with van der Waals surface area (Å²) in [6.07, 6.45) is 1.79. The van der Waals surface area contributed by atoms with Crippen molar-refractivity contribution in [1.82, 2.24) is 19.6 Å². The maximum absolute atomic E-state index is 10.9. The van der Waals surface area contributed by atoms with Crippen LogP contribution in [0.25, 0.3) is 22.2 Å². The topological polar surface area (TPSA) is 72.9 Å². The Morgan fingerprint density at radius 3 is 2.68 bits per heavy atom. The molecule has 3 aromatic rings. The number of nitrogens with zero attached hydrogens (tertiary/aromatic N) is 4. The zero-order valence-electron chi connectivity index (χ0n) is 10.5. The molecule has 19 heavy (non-hydrogen) atoms. The van der Waals surface area contributed by atoms with E-state index < -0.39 is 5.97 Å². The van der Waals surface area contributed by atoms with Gasteiger partial charge in [0.15, 0.2) is 5.69 Å². The minimum atomic E-state index is -1.02. The normalized spacial score (nSPS) is 11.1. The number of carbonyl (C=O) groups is 1. The molecule has 2 heterocycles. The van der Waals surface area contributed by atoms with Crippen molar-refractivity contribution in [2.45, 2.75) is 0 Å². The van der Waals surface area contributed by atoms with Gasteiger partial charge in [-0.3, -0.25) is 9.36 Å². The summed E-state index contributed by atoms with van der Waals surface area (Å²) in [5.74, 6) is -1.02. The number of benzene rings is 1. The van der Waals surface area contributed by atoms with Crippen LogP contribution in [0.5, 0.6) is 0 Å². The molecule has 0 aliphatic carbocycles. The number of aromatic nitrogens is 4. The maximum atomic E-state index is 10.9. The Balaban J connectivity index is 2.15. The van der Waals surface area contributed by atoms with Crippen LogP contribution >= 0.6 is 0 Å². The van der Waals surface area contributed by atoms with Crippen LogP contribution < -0.4 is 0 Å². The van der Waals surface area contributed by atoms with E-state index in [-0.39, 0.29) is 5.69 Å². The molecule has 2 aromatic heterocycles. The molecule has 1 N–H and O–H groups in total. The minimum Gasteiger partial charge on any atom is -0.476 e. The first-order valence-corrected chi connectivity index (χ1v) is 5.76. The van der Waals surface area contributed by atoms with Crippen molar-refractivity contribution in [3.63, 3.8) is 0 Å². The summed E-state index contributed by atoms with van der Waals surface area (Å²) in [7, 11) is 3.61. The summed E-state index contributed by atoms with van der Waals surface area (Å²) >= 11 is 0. The molecule has 1 aromatic carbocycles. The van der Waals surface area contributed by atoms with Crippen LogP contribution in [0.15, 0.2) is 30.5 Å². The van der Waals surface area contributed by atoms with E-state index in [1.165, 1.54) is 0 Å². The van der Waals surface area contributed by atoms with Gasteiger partial charge in [-0.05, 0) is 18.2 Å². The number of fused-ring (bicyclic) bond motifs is 1. The third-order valence-corrected chi connectivity index (χ3v) is 3.14. The molecule has 0 bridgehead atoms. The Labute approximate surface area is 108 Å². The number of hydrogen-bond donors (Lipinski definition) is 1. The van der Waals surface area contributed by atoms with Gasteiger partial charge in [-0.15, -0.1) is 0 Å². The monoisotopic (exact) mass is 256 g/mol. The van der Waals surface area contributed by atoms with Gasteiger partial charge in [-0.25, -0.2) is 4.79 Å². The van der Waals surface area contributed by atoms with Crippen molar-refractivity contribution in [3.05, 3.63) is 36.2 Å². The number of carboxylic acid groups (broad SMARTS) is 1. The Hall–Kier alpha value is -2.63. The Morgan fingerprint density at radius 1 is 1.21 bits per heavy atom. The van der Waals surface area contributed by atoms with Crippen LogP contribution in [-0.2, 0) is 14.1 Å². The second-order valence-corrected chi connectivity index (χ2v) is 4.39. The summed E-state index contributed by atoms with van der Waals surface area (Å²) in [6.45, 7) is 0. The molecule has 0 spiro atoms. The molecule has 0 radical (unpaired) electrons. The molecule has 6 heteroatoms. The van der Waals surface area contributed by atoms with Crippen molar-refractivity contribution in [2.24, 2.45) is 14.1 Å². The number of carboxylic acids is 1. The molecule has 0 fully saturated rings. The highest BCUT2D eigenvalue weighted by Crippen LogP contribution is 2.24. The number of hydrogen-bond acceptors (Lipinski definition) is 3. The Morgan fingerprint density at radius 2 is 2.00 bits per heavy atom. The molecule has 96 valence electrons. The molecular weight excluding hydrogens is 244 g/mol. The second kappa shape index (κ2) is 3.94. The minimum absolute atomic E-state index is 0.0452. The van der Waals surface area contributed by atoms with E-state index in [1.54, 1.807) is 28.7 Å². The number of aryl methyl sites for hydroxylation is 2. The van der Waals surface area contributed by atoms with Crippen LogP contribution in [0, 0.1) is 0 Å². The van der Waals surface area contributed by atoms with Crippen LogP contribution in [-0.4, -0.2) is 30.6 Å². The smallest absolute Gasteiger partial charge is 0.356 e. The molecule has 0 aliphatic heterocycles. The highest BCUT2D eigenvalue weighted by molar-refractivity contribution is 5.88. The van der Waals surface area contributed by atoms with Gasteiger partial charge in [0.05, 0.1) is 17.4 Å². The van der Waals surface area contributed by atoms with E-state index in [1.807, 2.05) is 25.2 Å². The standard InChI is InChI=1S/C13H12N4O2/c1-16-11-4-3-8(5-9(11)7-14-16)12-6-10(13(18)19)15-17(12)2/h3-7H,1-2H3,(H,18,19). The van der Waals surface area contributed by atoms with Crippen molar-refractivity contribution in [1.29, 1.82) is 0 Å². The first kappa shape index (κ1) is 11.5. The van der Waals surface area contributed by atoms with Crippen molar-refractivity contribution in [3.8, 4) is 11.3 Å². The number of rotatable bonds is 2. The molecule has 0 atom stereocenters. The lowest BCUT2D eigenvalue weighted by Gasteiger charge is -2.02. The van der Waals surface area contributed by atoms with Gasteiger partial charge in [0.1, 0.15) is 0 Å². The zero-order chi connectivity index (χ0) is 13.6. The van der Waals surface area contributed by atoms with E-state index >= 15 is 0 Å². The summed E-state index contributed by atoms with van der Waals surface area (Å²) in [5, 5.41) is 18.1. The molecule has 0 saturated carbocycles. The highest BCUT2D eigenvalue weighted by Gasteiger charge is 2.13. The van der Waals surface area contributed by atoms with Crippen LogP contribution in [0.2, 0.25) is 0 Å². The Kier molecular flexibility index (Phi) is 2.38. The highest BCUT2D eigenvalue weighted by atomic mass is 16.4. The molecule has 0 unspecified atom stereocenters. The lowest BCUT2D eigenvalue weighted by molar-refractivity contribution is 0.0689. The van der Waals surface area contributed by atoms with E-state index in [0.717, 1.165) is 22.2 Å². The average Bonchev–Trinajstić information content (AvgIpc) is 2.93. The van der Waals surface area contributed by atoms with E-state index in [4.69, 9.17) is 5.11 Å². The van der Waals surface area contributed by atoms with Gasteiger partial charge < -0.3 is 5.11 Å². The number of aromatic carboxylic acids is 1. The fraction of sp³-hybridized carbons (Fsp3) is 0.154. The van der Waals surface area contributed by atoms with Gasteiger partial charge in [0, 0.05) is 25.0 Å². The van der Waals surface area contributed by atoms with Crippen molar-refractivity contribution >= 4 is 16.9 Å². The quantitative estimate of drug-likeness (QED) is 0.757. The van der Waals surface area contributed by atoms with E-state index in [0.29, 0.717) is 0 Å². The largest absolute Gasteiger partial charge is 0.476 e. The molecule has 0 amide bonds. The second-order valence-electron chi connectivity index (χ2n) is 4.39. The first-order chi connectivity index (χ1) is 9.06. The molecule has 3 rings (SSSR count). The maximum Gasteiger partial charge on any atom is 0.356 e. The van der Waals surface area contributed by atoms with E-state index in [9.17, 15) is 4.79 Å². The fourth-order valence-electron chi connectivity index (χ4n) is 2.16. The lowest BCUT2D eigenvalue weighted by atomic mass is 10.1. The van der Waals surface area contributed by atoms with Gasteiger partial charge in [0.2, 0.25) is 0 Å². The predicted molar refractivity (Wildman–Crippen MR) is 69.9 cm³/mol. The summed E-state index contributed by atoms with van der Waals surface area (Å²) < 4.78 is 3.37. The molecule has 0 saturated heterocycles. The summed E-state index contributed by atoms with van der Waals surface area (Å²) in [5.41, 5.74) is 2.76.